The predicted octanol–water partition coefficient (Wildman–Crippen LogP) is 1.07. The number of nitrogens with one attached hydrogen (secondary N) is 1. The van der Waals surface area contributed by atoms with Gasteiger partial charge in [0.15, 0.2) is 5.65 Å². The van der Waals surface area contributed by atoms with E-state index in [0.29, 0.717) is 11.0 Å². The lowest BCUT2D eigenvalue weighted by atomic mass is 10.3. The number of rotatable bonds is 4. The summed E-state index contributed by atoms with van der Waals surface area (Å²) in [4.78, 5) is 29.6. The van der Waals surface area contributed by atoms with Crippen LogP contribution in [0.1, 0.15) is 17.8 Å². The average molecular weight is 317 g/mol. The van der Waals surface area contributed by atoms with Crippen LogP contribution in [0.2, 0.25) is 0 Å². The molecular weight excluding hydrogens is 302 g/mol. The molecular formula is C14H15N5O2S. The standard InChI is InChI=1S/C14H15N5O2S/c1-9(11-4-3-5-22-11)17-12(20)7-19-8-15-13-10(14(19)21)6-16-18(13)2/h3-6,8-9H,7H2,1-2H3,(H,17,20)/t9-/m0/s1. The molecule has 3 rings (SSSR count). The number of thiophene rings is 1. The Morgan fingerprint density at radius 3 is 3.05 bits per heavy atom. The Morgan fingerprint density at radius 1 is 1.50 bits per heavy atom. The molecule has 1 atom stereocenters. The van der Waals surface area contributed by atoms with Crippen LogP contribution in [-0.4, -0.2) is 25.2 Å². The van der Waals surface area contributed by atoms with Crippen LogP contribution in [0, 0.1) is 0 Å². The number of aromatic nitrogens is 4. The van der Waals surface area contributed by atoms with Crippen LogP contribution < -0.4 is 10.9 Å². The van der Waals surface area contributed by atoms with Crippen LogP contribution in [0.4, 0.5) is 0 Å². The number of aryl methyl sites for hydroxylation is 1. The van der Waals surface area contributed by atoms with E-state index in [9.17, 15) is 9.59 Å². The van der Waals surface area contributed by atoms with Crippen LogP contribution in [0.5, 0.6) is 0 Å². The van der Waals surface area contributed by atoms with Gasteiger partial charge in [-0.1, -0.05) is 6.07 Å². The molecule has 3 aromatic rings. The van der Waals surface area contributed by atoms with E-state index < -0.39 is 0 Å². The fourth-order valence-electron chi connectivity index (χ4n) is 2.23. The SMILES string of the molecule is C[C@H](NC(=O)Cn1cnc2c(cnn2C)c1=O)c1cccs1. The lowest BCUT2D eigenvalue weighted by Gasteiger charge is -2.12. The summed E-state index contributed by atoms with van der Waals surface area (Å²) in [7, 11) is 1.72. The molecule has 0 aliphatic heterocycles. The van der Waals surface area contributed by atoms with Crippen LogP contribution in [0.25, 0.3) is 11.0 Å². The predicted molar refractivity (Wildman–Crippen MR) is 83.6 cm³/mol. The number of nitrogens with zero attached hydrogens (tertiary/aromatic N) is 4. The molecule has 22 heavy (non-hydrogen) atoms. The van der Waals surface area contributed by atoms with Crippen LogP contribution in [-0.2, 0) is 18.4 Å². The van der Waals surface area contributed by atoms with Gasteiger partial charge in [0.05, 0.1) is 12.2 Å². The number of hydrogen-bond acceptors (Lipinski definition) is 5. The van der Waals surface area contributed by atoms with Crippen molar-refractivity contribution < 1.29 is 4.79 Å². The van der Waals surface area contributed by atoms with E-state index in [1.165, 1.54) is 21.8 Å². The largest absolute Gasteiger partial charge is 0.347 e. The van der Waals surface area contributed by atoms with Crippen LogP contribution in [0.15, 0.2) is 34.8 Å². The van der Waals surface area contributed by atoms with E-state index in [1.807, 2.05) is 24.4 Å². The third-order valence-electron chi connectivity index (χ3n) is 3.38. The van der Waals surface area contributed by atoms with E-state index >= 15 is 0 Å². The first-order valence-corrected chi connectivity index (χ1v) is 7.64. The van der Waals surface area contributed by atoms with E-state index in [0.717, 1.165) is 4.88 Å². The maximum absolute atomic E-state index is 12.3. The monoisotopic (exact) mass is 317 g/mol. The van der Waals surface area contributed by atoms with Gasteiger partial charge in [-0.25, -0.2) is 4.98 Å². The van der Waals surface area contributed by atoms with Gasteiger partial charge >= 0.3 is 0 Å². The highest BCUT2D eigenvalue weighted by Crippen LogP contribution is 2.17. The number of fused-ring (bicyclic) bond motifs is 1. The molecule has 114 valence electrons. The zero-order chi connectivity index (χ0) is 15.7. The fraction of sp³-hybridized carbons (Fsp3) is 0.286. The highest BCUT2D eigenvalue weighted by molar-refractivity contribution is 7.10. The molecule has 3 heterocycles. The molecule has 1 N–H and O–H groups in total. The molecule has 0 aliphatic rings. The lowest BCUT2D eigenvalue weighted by molar-refractivity contribution is -0.122. The van der Waals surface area contributed by atoms with E-state index in [2.05, 4.69) is 15.4 Å². The maximum atomic E-state index is 12.3. The summed E-state index contributed by atoms with van der Waals surface area (Å²) >= 11 is 1.58. The Labute approximate surface area is 130 Å². The molecule has 8 heteroatoms. The molecule has 0 unspecified atom stereocenters. The Bertz CT molecular complexity index is 865. The summed E-state index contributed by atoms with van der Waals surface area (Å²) in [6.45, 7) is 1.85. The van der Waals surface area contributed by atoms with Crippen molar-refractivity contribution in [3.05, 3.63) is 45.3 Å². The zero-order valence-electron chi connectivity index (χ0n) is 12.2. The highest BCUT2D eigenvalue weighted by atomic mass is 32.1. The number of carbonyl (C=O) groups excluding carboxylic acids is 1. The third kappa shape index (κ3) is 2.64. The second kappa shape index (κ2) is 5.72. The van der Waals surface area contributed by atoms with Gasteiger partial charge in [-0.05, 0) is 18.4 Å². The summed E-state index contributed by atoms with van der Waals surface area (Å²) in [6.07, 6.45) is 2.84. The molecule has 0 bridgehead atoms. The Morgan fingerprint density at radius 2 is 2.32 bits per heavy atom. The molecule has 0 saturated carbocycles. The van der Waals surface area contributed by atoms with Gasteiger partial charge in [0, 0.05) is 11.9 Å². The van der Waals surface area contributed by atoms with Crippen molar-refractivity contribution in [1.82, 2.24) is 24.6 Å². The zero-order valence-corrected chi connectivity index (χ0v) is 13.0. The van der Waals surface area contributed by atoms with Crippen molar-refractivity contribution in [2.45, 2.75) is 19.5 Å². The molecule has 0 aliphatic carbocycles. The molecule has 0 spiro atoms. The maximum Gasteiger partial charge on any atom is 0.264 e. The van der Waals surface area contributed by atoms with Crippen LogP contribution in [0.3, 0.4) is 0 Å². The summed E-state index contributed by atoms with van der Waals surface area (Å²) in [5.74, 6) is -0.229. The van der Waals surface area contributed by atoms with Crippen molar-refractivity contribution in [2.75, 3.05) is 0 Å². The first kappa shape index (κ1) is 14.5. The average Bonchev–Trinajstić information content (AvgIpc) is 3.12. The van der Waals surface area contributed by atoms with Crippen molar-refractivity contribution in [3.63, 3.8) is 0 Å². The number of amides is 1. The topological polar surface area (TPSA) is 81.8 Å². The van der Waals surface area contributed by atoms with E-state index in [4.69, 9.17) is 0 Å². The van der Waals surface area contributed by atoms with Gasteiger partial charge in [-0.3, -0.25) is 18.8 Å². The van der Waals surface area contributed by atoms with Gasteiger partial charge in [-0.15, -0.1) is 11.3 Å². The third-order valence-corrected chi connectivity index (χ3v) is 4.43. The van der Waals surface area contributed by atoms with Crippen molar-refractivity contribution >= 4 is 28.3 Å². The van der Waals surface area contributed by atoms with Gasteiger partial charge in [-0.2, -0.15) is 5.10 Å². The first-order valence-electron chi connectivity index (χ1n) is 6.76. The van der Waals surface area contributed by atoms with Crippen molar-refractivity contribution in [2.24, 2.45) is 7.05 Å². The second-order valence-electron chi connectivity index (χ2n) is 4.99. The smallest absolute Gasteiger partial charge is 0.264 e. The normalized spacial score (nSPS) is 12.5. The summed E-state index contributed by atoms with van der Waals surface area (Å²) in [5.41, 5.74) is 0.241. The molecule has 3 aromatic heterocycles. The molecule has 0 aromatic carbocycles. The second-order valence-corrected chi connectivity index (χ2v) is 5.97. The van der Waals surface area contributed by atoms with E-state index in [1.54, 1.807) is 18.4 Å². The molecule has 0 saturated heterocycles. The lowest BCUT2D eigenvalue weighted by Crippen LogP contribution is -2.33. The summed E-state index contributed by atoms with van der Waals surface area (Å²) in [5, 5.41) is 9.24. The Hall–Kier alpha value is -2.48. The van der Waals surface area contributed by atoms with Gasteiger partial charge in [0.2, 0.25) is 5.91 Å². The Kier molecular flexibility index (Phi) is 3.76. The number of carbonyl (C=O) groups is 1. The quantitative estimate of drug-likeness (QED) is 0.780. The van der Waals surface area contributed by atoms with Crippen molar-refractivity contribution in [3.8, 4) is 0 Å². The minimum atomic E-state index is -0.267. The minimum Gasteiger partial charge on any atom is -0.347 e. The van der Waals surface area contributed by atoms with Gasteiger partial charge < -0.3 is 5.32 Å². The summed E-state index contributed by atoms with van der Waals surface area (Å²) in [6, 6.07) is 3.82. The van der Waals surface area contributed by atoms with Gasteiger partial charge in [0.25, 0.3) is 5.56 Å². The fourth-order valence-corrected chi connectivity index (χ4v) is 2.96. The number of hydrogen-bond donors (Lipinski definition) is 1. The summed E-state index contributed by atoms with van der Waals surface area (Å²) < 4.78 is 2.82. The first-order chi connectivity index (χ1) is 10.6. The van der Waals surface area contributed by atoms with Crippen LogP contribution >= 0.6 is 11.3 Å². The van der Waals surface area contributed by atoms with Gasteiger partial charge in [0.1, 0.15) is 18.3 Å². The van der Waals surface area contributed by atoms with E-state index in [-0.39, 0.29) is 24.1 Å². The molecule has 1 amide bonds. The molecule has 0 radical (unpaired) electrons. The van der Waals surface area contributed by atoms with Crippen molar-refractivity contribution in [1.29, 1.82) is 0 Å². The highest BCUT2D eigenvalue weighted by Gasteiger charge is 2.13. The molecule has 0 fully saturated rings. The molecule has 7 nitrogen and oxygen atoms in total. The minimum absolute atomic E-state index is 0.0631. The Balaban J connectivity index is 1.77.